The van der Waals surface area contributed by atoms with E-state index in [1.807, 2.05) is 6.92 Å². The fourth-order valence-corrected chi connectivity index (χ4v) is 12.0. The van der Waals surface area contributed by atoms with E-state index in [-0.39, 0.29) is 55.4 Å². The quantitative estimate of drug-likeness (QED) is 0.254. The molecule has 0 unspecified atom stereocenters. The topological polar surface area (TPSA) is 181 Å². The first-order valence-electron chi connectivity index (χ1n) is 17.9. The van der Waals surface area contributed by atoms with Crippen molar-refractivity contribution in [2.45, 2.75) is 106 Å². The molecule has 7 aliphatic rings. The third-order valence-corrected chi connectivity index (χ3v) is 14.0. The van der Waals surface area contributed by atoms with Gasteiger partial charge in [-0.3, -0.25) is 19.4 Å². The molecule has 1 spiro atoms. The molecule has 0 radical (unpaired) electrons. The van der Waals surface area contributed by atoms with E-state index in [1.165, 1.54) is 13.2 Å². The molecule has 50 heavy (non-hydrogen) atoms. The van der Waals surface area contributed by atoms with Crippen LogP contribution in [0.3, 0.4) is 0 Å². The van der Waals surface area contributed by atoms with Crippen LogP contribution in [0.5, 0.6) is 0 Å². The summed E-state index contributed by atoms with van der Waals surface area (Å²) < 4.78 is 24.2. The fourth-order valence-electron chi connectivity index (χ4n) is 12.0. The minimum absolute atomic E-state index is 0.0341. The van der Waals surface area contributed by atoms with Gasteiger partial charge < -0.3 is 34.3 Å². The van der Waals surface area contributed by atoms with Crippen LogP contribution in [-0.4, -0.2) is 107 Å². The average molecular weight is 695 g/mol. The Hall–Kier alpha value is -3.23. The van der Waals surface area contributed by atoms with Crippen LogP contribution in [0.2, 0.25) is 0 Å². The van der Waals surface area contributed by atoms with Crippen molar-refractivity contribution in [1.82, 2.24) is 0 Å². The molecule has 2 amide bonds. The second kappa shape index (κ2) is 11.1. The Kier molecular flexibility index (Phi) is 7.55. The molecule has 5 aliphatic carbocycles. The van der Waals surface area contributed by atoms with Crippen LogP contribution in [0.15, 0.2) is 29.3 Å². The van der Waals surface area contributed by atoms with E-state index in [1.54, 1.807) is 38.4 Å². The molecule has 1 aromatic rings. The zero-order valence-corrected chi connectivity index (χ0v) is 28.9. The maximum atomic E-state index is 13.9. The Morgan fingerprint density at radius 1 is 1.06 bits per heavy atom. The summed E-state index contributed by atoms with van der Waals surface area (Å²) in [4.78, 5) is 58.6. The fraction of sp³-hybridized carbons (Fsp3) is 0.703. The molecule has 3 N–H and O–H groups in total. The Morgan fingerprint density at radius 2 is 1.82 bits per heavy atom. The van der Waals surface area contributed by atoms with Crippen molar-refractivity contribution in [3.05, 3.63) is 29.8 Å². The molecule has 0 aromatic heterocycles. The summed E-state index contributed by atoms with van der Waals surface area (Å²) in [6.45, 7) is 3.40. The summed E-state index contributed by atoms with van der Waals surface area (Å²) in [7, 11) is 3.12. The molecule has 1 aromatic carbocycles. The molecular formula is C37H46N2O11. The molecule has 7 bridgehead atoms. The van der Waals surface area contributed by atoms with Crippen LogP contribution >= 0.6 is 0 Å². The maximum Gasteiger partial charge on any atom is 0.340 e. The number of aliphatic imine (C=N–C) groups is 1. The molecule has 13 atom stereocenters. The second-order valence-electron chi connectivity index (χ2n) is 15.9. The van der Waals surface area contributed by atoms with Crippen molar-refractivity contribution in [3.63, 3.8) is 0 Å². The van der Waals surface area contributed by atoms with E-state index in [0.29, 0.717) is 25.7 Å². The molecule has 5 saturated carbocycles. The lowest BCUT2D eigenvalue weighted by Crippen LogP contribution is -2.84. The van der Waals surface area contributed by atoms with Gasteiger partial charge in [0, 0.05) is 68.3 Å². The standard InChI is InChI=1S/C37H46N2O11/c1-5-8-28(41)50-29-21-14-24-36-25-16-34(44,35(45,37(24,29)46)15-23(21)47-3)32(36)38-17-33(25,12-11-26(36)48-4)18-49-31(43)20-9-6-7-10-22(20)39-27(40)13-19(2)30(39)42/h6-7,9-10,17,19,21,23-26,29,32,44-46H,5,8,11-16,18H2,1-4H3/t19-,21+,23-,24-,25+,26-,29-,32+,33-,34+,35-,36+,37-/m0/s1. The van der Waals surface area contributed by atoms with Crippen LogP contribution in [-0.2, 0) is 33.3 Å². The highest BCUT2D eigenvalue weighted by Crippen LogP contribution is 2.80. The van der Waals surface area contributed by atoms with Gasteiger partial charge in [-0.25, -0.2) is 9.69 Å². The van der Waals surface area contributed by atoms with Gasteiger partial charge in [-0.05, 0) is 50.2 Å². The summed E-state index contributed by atoms with van der Waals surface area (Å²) in [5.41, 5.74) is -7.77. The van der Waals surface area contributed by atoms with Crippen LogP contribution in [0.25, 0.3) is 0 Å². The normalized spacial score (nSPS) is 46.3. The van der Waals surface area contributed by atoms with E-state index >= 15 is 0 Å². The highest BCUT2D eigenvalue weighted by atomic mass is 16.6. The monoisotopic (exact) mass is 694 g/mol. The summed E-state index contributed by atoms with van der Waals surface area (Å²) >= 11 is 0. The number of esters is 2. The number of benzene rings is 1. The van der Waals surface area contributed by atoms with Gasteiger partial charge in [0.2, 0.25) is 11.8 Å². The highest BCUT2D eigenvalue weighted by molar-refractivity contribution is 6.22. The van der Waals surface area contributed by atoms with Crippen molar-refractivity contribution in [3.8, 4) is 0 Å². The molecule has 13 nitrogen and oxygen atoms in total. The third kappa shape index (κ3) is 3.88. The lowest BCUT2D eigenvalue weighted by atomic mass is 9.42. The number of anilines is 1. The second-order valence-corrected chi connectivity index (χ2v) is 15.9. The van der Waals surface area contributed by atoms with E-state index < -0.39 is 87.6 Å². The van der Waals surface area contributed by atoms with Gasteiger partial charge in [0.1, 0.15) is 29.5 Å². The van der Waals surface area contributed by atoms with E-state index in [2.05, 4.69) is 0 Å². The number of aliphatic hydroxyl groups is 3. The minimum atomic E-state index is -2.14. The van der Waals surface area contributed by atoms with Crippen LogP contribution in [0.4, 0.5) is 5.69 Å². The number of nitrogens with zero attached hydrogens (tertiary/aromatic N) is 2. The largest absolute Gasteiger partial charge is 0.461 e. The zero-order chi connectivity index (χ0) is 35.6. The Morgan fingerprint density at radius 3 is 2.50 bits per heavy atom. The summed E-state index contributed by atoms with van der Waals surface area (Å²) in [5.74, 6) is -4.05. The van der Waals surface area contributed by atoms with Crippen LogP contribution < -0.4 is 4.90 Å². The first kappa shape index (κ1) is 33.9. The smallest absolute Gasteiger partial charge is 0.340 e. The molecule has 2 heterocycles. The minimum Gasteiger partial charge on any atom is -0.461 e. The number of carbonyl (C=O) groups excluding carboxylic acids is 4. The van der Waals surface area contributed by atoms with Gasteiger partial charge >= 0.3 is 11.9 Å². The number of para-hydroxylation sites is 1. The van der Waals surface area contributed by atoms with E-state index in [9.17, 15) is 34.5 Å². The van der Waals surface area contributed by atoms with Gasteiger partial charge in [0.25, 0.3) is 0 Å². The predicted octanol–water partition coefficient (Wildman–Crippen LogP) is 1.97. The zero-order valence-electron chi connectivity index (χ0n) is 28.9. The molecular weight excluding hydrogens is 648 g/mol. The van der Waals surface area contributed by atoms with Crippen molar-refractivity contribution in [2.24, 2.45) is 39.5 Å². The van der Waals surface area contributed by atoms with Crippen LogP contribution in [0, 0.1) is 34.5 Å². The van der Waals surface area contributed by atoms with Crippen molar-refractivity contribution in [1.29, 1.82) is 0 Å². The van der Waals surface area contributed by atoms with Crippen molar-refractivity contribution in [2.75, 3.05) is 25.7 Å². The lowest BCUT2D eigenvalue weighted by molar-refractivity contribution is -0.346. The Bertz CT molecular complexity index is 1680. The summed E-state index contributed by atoms with van der Waals surface area (Å²) in [6.07, 6.45) is 1.61. The van der Waals surface area contributed by atoms with Crippen molar-refractivity contribution < 1.29 is 53.4 Å². The van der Waals surface area contributed by atoms with Crippen LogP contribution in [0.1, 0.15) is 75.6 Å². The van der Waals surface area contributed by atoms with E-state index in [4.69, 9.17) is 23.9 Å². The highest BCUT2D eigenvalue weighted by Gasteiger charge is 2.92. The number of amides is 2. The molecule has 6 fully saturated rings. The Balaban J connectivity index is 1.18. The lowest BCUT2D eigenvalue weighted by Gasteiger charge is -2.68. The van der Waals surface area contributed by atoms with Gasteiger partial charge in [0.15, 0.2) is 0 Å². The molecule has 8 rings (SSSR count). The number of hydrogen-bond donors (Lipinski definition) is 3. The van der Waals surface area contributed by atoms with E-state index in [0.717, 1.165) is 4.90 Å². The molecule has 270 valence electrons. The molecule has 1 saturated heterocycles. The number of carbonyl (C=O) groups is 4. The predicted molar refractivity (Wildman–Crippen MR) is 175 cm³/mol. The Labute approximate surface area is 290 Å². The number of fused-ring (bicyclic) bond motifs is 2. The first-order valence-corrected chi connectivity index (χ1v) is 17.9. The number of methoxy groups -OCH3 is 2. The number of imide groups is 1. The SMILES string of the molecule is CCCC(=O)O[C@H]1[C@@H]2C[C@H]3[C@@]45[C@@H](OC)CC[C@@]6(COC(=O)c7ccccc7N7C(=O)C[C@H](C)C7=O)C=N[C@@H]4[C@](O)(C[C@H]65)[C@@](O)(C[C@@H]2OC)[C@@]13O. The molecule has 13 heteroatoms. The average Bonchev–Trinajstić information content (AvgIpc) is 3.56. The van der Waals surface area contributed by atoms with Crippen molar-refractivity contribution >= 4 is 35.7 Å². The summed E-state index contributed by atoms with van der Waals surface area (Å²) in [6, 6.07) is 5.52. The first-order chi connectivity index (χ1) is 23.8. The number of hydrogen-bond acceptors (Lipinski definition) is 12. The van der Waals surface area contributed by atoms with Gasteiger partial charge in [-0.2, -0.15) is 0 Å². The van der Waals surface area contributed by atoms with Gasteiger partial charge in [-0.1, -0.05) is 26.0 Å². The third-order valence-electron chi connectivity index (χ3n) is 14.0. The summed E-state index contributed by atoms with van der Waals surface area (Å²) in [5, 5.41) is 38.8. The van der Waals surface area contributed by atoms with Gasteiger partial charge in [-0.15, -0.1) is 0 Å². The number of rotatable bonds is 9. The maximum absolute atomic E-state index is 13.9. The number of ether oxygens (including phenoxy) is 4. The van der Waals surface area contributed by atoms with Gasteiger partial charge in [0.05, 0.1) is 29.5 Å². The molecule has 2 aliphatic heterocycles.